The van der Waals surface area contributed by atoms with Gasteiger partial charge in [0.15, 0.2) is 0 Å². The van der Waals surface area contributed by atoms with Gasteiger partial charge in [-0.1, -0.05) is 12.6 Å². The summed E-state index contributed by atoms with van der Waals surface area (Å²) in [5.41, 5.74) is 0.113. The Morgan fingerprint density at radius 2 is 1.89 bits per heavy atom. The van der Waals surface area contributed by atoms with Crippen LogP contribution in [0.5, 0.6) is 0 Å². The highest BCUT2D eigenvalue weighted by molar-refractivity contribution is 7.89. The van der Waals surface area contributed by atoms with Crippen LogP contribution in [0.4, 0.5) is 5.69 Å². The van der Waals surface area contributed by atoms with E-state index in [1.807, 2.05) is 0 Å². The molecular weight excluding hydrogens is 388 g/mol. The Hall–Kier alpha value is -2.79. The summed E-state index contributed by atoms with van der Waals surface area (Å²) in [7, 11) is -2.45. The first kappa shape index (κ1) is 21.5. The molecule has 0 atom stereocenters. The van der Waals surface area contributed by atoms with Crippen molar-refractivity contribution in [2.75, 3.05) is 39.8 Å². The van der Waals surface area contributed by atoms with Gasteiger partial charge in [-0.25, -0.2) is 8.42 Å². The summed E-state index contributed by atoms with van der Waals surface area (Å²) in [5.74, 6) is -0.669. The number of sulfonamides is 1. The quantitative estimate of drug-likeness (QED) is 0.380. The molecule has 0 radical (unpaired) electrons. The van der Waals surface area contributed by atoms with Crippen LogP contribution in [0.25, 0.3) is 0 Å². The summed E-state index contributed by atoms with van der Waals surface area (Å²) in [6, 6.07) is 3.71. The highest BCUT2D eigenvalue weighted by Crippen LogP contribution is 2.25. The molecule has 1 saturated heterocycles. The monoisotopic (exact) mass is 410 g/mol. The Kier molecular flexibility index (Phi) is 6.52. The predicted octanol–water partition coefficient (Wildman–Crippen LogP) is 0.381. The van der Waals surface area contributed by atoms with E-state index in [9.17, 15) is 28.1 Å². The number of hydrogen-bond donors (Lipinski definition) is 0. The maximum absolute atomic E-state index is 12.9. The van der Waals surface area contributed by atoms with Crippen molar-refractivity contribution < 1.29 is 22.9 Å². The van der Waals surface area contributed by atoms with Crippen LogP contribution in [0.1, 0.15) is 5.56 Å². The zero-order valence-electron chi connectivity index (χ0n) is 15.7. The number of carbonyl (C=O) groups is 2. The molecule has 1 aromatic carbocycles. The van der Waals surface area contributed by atoms with E-state index < -0.39 is 14.9 Å². The molecule has 1 heterocycles. The van der Waals surface area contributed by atoms with Crippen LogP contribution >= 0.6 is 0 Å². The van der Waals surface area contributed by atoms with E-state index in [0.717, 1.165) is 12.1 Å². The van der Waals surface area contributed by atoms with E-state index in [0.29, 0.717) is 5.56 Å². The number of benzene rings is 1. The van der Waals surface area contributed by atoms with Crippen molar-refractivity contribution >= 4 is 27.5 Å². The van der Waals surface area contributed by atoms with Gasteiger partial charge < -0.3 is 9.80 Å². The van der Waals surface area contributed by atoms with Gasteiger partial charge >= 0.3 is 0 Å². The third kappa shape index (κ3) is 4.54. The van der Waals surface area contributed by atoms with E-state index in [1.165, 1.54) is 33.3 Å². The lowest BCUT2D eigenvalue weighted by molar-refractivity contribution is -0.385. The first-order chi connectivity index (χ1) is 13.1. The second-order valence-electron chi connectivity index (χ2n) is 6.39. The molecule has 28 heavy (non-hydrogen) atoms. The van der Waals surface area contributed by atoms with Crippen molar-refractivity contribution in [3.8, 4) is 0 Å². The predicted molar refractivity (Wildman–Crippen MR) is 101 cm³/mol. The average Bonchev–Trinajstić information content (AvgIpc) is 2.67. The normalized spacial score (nSPS) is 15.1. The first-order valence-electron chi connectivity index (χ1n) is 8.48. The van der Waals surface area contributed by atoms with Crippen LogP contribution in [0.2, 0.25) is 0 Å². The van der Waals surface area contributed by atoms with Crippen LogP contribution in [0.15, 0.2) is 35.7 Å². The molecule has 1 fully saturated rings. The number of carbonyl (C=O) groups excluding carboxylic acids is 2. The molecule has 0 aromatic heterocycles. The Bertz CT molecular complexity index is 906. The maximum atomic E-state index is 12.9. The smallest absolute Gasteiger partial charge is 0.270 e. The van der Waals surface area contributed by atoms with E-state index in [4.69, 9.17) is 0 Å². The van der Waals surface area contributed by atoms with Gasteiger partial charge in [0.2, 0.25) is 21.8 Å². The van der Waals surface area contributed by atoms with Gasteiger partial charge in [-0.3, -0.25) is 19.7 Å². The molecular formula is C17H22N4O6S. The molecule has 0 N–H and O–H groups in total. The Balaban J connectivity index is 2.09. The van der Waals surface area contributed by atoms with Crippen LogP contribution in [-0.4, -0.2) is 79.0 Å². The fourth-order valence-corrected chi connectivity index (χ4v) is 4.50. The lowest BCUT2D eigenvalue weighted by Gasteiger charge is -2.34. The summed E-state index contributed by atoms with van der Waals surface area (Å²) in [5, 5.41) is 11.0. The number of nitro benzene ring substituents is 1. The second kappa shape index (κ2) is 8.48. The number of likely N-dealkylation sites (N-methyl/N-ethyl adjacent to an activating group) is 1. The Morgan fingerprint density at radius 1 is 1.29 bits per heavy atom. The summed E-state index contributed by atoms with van der Waals surface area (Å²) in [6.07, 6.45) is 1.11. The number of nitro groups is 1. The number of hydrogen-bond acceptors (Lipinski definition) is 6. The fraction of sp³-hybridized carbons (Fsp3) is 0.412. The molecule has 0 unspecified atom stereocenters. The maximum Gasteiger partial charge on any atom is 0.270 e. The molecule has 0 aliphatic carbocycles. The number of piperazine rings is 1. The van der Waals surface area contributed by atoms with Crippen molar-refractivity contribution in [1.82, 2.24) is 14.1 Å². The zero-order valence-corrected chi connectivity index (χ0v) is 16.5. The molecule has 2 amide bonds. The first-order valence-corrected chi connectivity index (χ1v) is 9.92. The summed E-state index contributed by atoms with van der Waals surface area (Å²) in [6.45, 7) is 5.28. The Labute approximate surface area is 163 Å². The average molecular weight is 410 g/mol. The van der Waals surface area contributed by atoms with E-state index >= 15 is 0 Å². The Morgan fingerprint density at radius 3 is 2.43 bits per heavy atom. The van der Waals surface area contributed by atoms with Crippen molar-refractivity contribution in [2.24, 2.45) is 0 Å². The van der Waals surface area contributed by atoms with E-state index in [1.54, 1.807) is 6.92 Å². The van der Waals surface area contributed by atoms with Crippen LogP contribution < -0.4 is 0 Å². The SMILES string of the molecule is C=CC(=O)N(C)CC(=O)N1CCN(S(=O)(=O)c2cc([N+](=O)[O-])ccc2C)CC1. The molecule has 152 valence electrons. The minimum atomic E-state index is -3.93. The van der Waals surface area contributed by atoms with Crippen LogP contribution in [0, 0.1) is 17.0 Å². The summed E-state index contributed by atoms with van der Waals surface area (Å²) in [4.78, 5) is 36.7. The largest absolute Gasteiger partial charge is 0.339 e. The molecule has 1 aromatic rings. The van der Waals surface area contributed by atoms with Crippen molar-refractivity contribution in [3.63, 3.8) is 0 Å². The number of aryl methyl sites for hydroxylation is 1. The highest BCUT2D eigenvalue weighted by Gasteiger charge is 2.32. The van der Waals surface area contributed by atoms with Crippen molar-refractivity contribution in [2.45, 2.75) is 11.8 Å². The van der Waals surface area contributed by atoms with Gasteiger partial charge in [0.05, 0.1) is 16.4 Å². The lowest BCUT2D eigenvalue weighted by atomic mass is 10.2. The molecule has 0 saturated carbocycles. The third-order valence-electron chi connectivity index (χ3n) is 4.51. The molecule has 1 aliphatic rings. The summed E-state index contributed by atoms with van der Waals surface area (Å²) < 4.78 is 27.0. The number of rotatable bonds is 6. The molecule has 0 spiro atoms. The van der Waals surface area contributed by atoms with Crippen LogP contribution in [-0.2, 0) is 19.6 Å². The van der Waals surface area contributed by atoms with Crippen LogP contribution in [0.3, 0.4) is 0 Å². The van der Waals surface area contributed by atoms with E-state index in [-0.39, 0.29) is 55.1 Å². The lowest BCUT2D eigenvalue weighted by Crippen LogP contribution is -2.52. The molecule has 11 heteroatoms. The minimum absolute atomic E-state index is 0.0648. The highest BCUT2D eigenvalue weighted by atomic mass is 32.2. The minimum Gasteiger partial charge on any atom is -0.339 e. The van der Waals surface area contributed by atoms with Gasteiger partial charge in [0.1, 0.15) is 0 Å². The van der Waals surface area contributed by atoms with Gasteiger partial charge in [-0.2, -0.15) is 4.31 Å². The number of nitrogens with zero attached hydrogens (tertiary/aromatic N) is 4. The molecule has 2 rings (SSSR count). The van der Waals surface area contributed by atoms with Gasteiger partial charge in [0, 0.05) is 45.4 Å². The van der Waals surface area contributed by atoms with Gasteiger partial charge in [0.25, 0.3) is 5.69 Å². The van der Waals surface area contributed by atoms with Gasteiger partial charge in [-0.15, -0.1) is 0 Å². The van der Waals surface area contributed by atoms with Gasteiger partial charge in [-0.05, 0) is 18.6 Å². The molecule has 1 aliphatic heterocycles. The zero-order chi connectivity index (χ0) is 21.1. The molecule has 10 nitrogen and oxygen atoms in total. The van der Waals surface area contributed by atoms with E-state index in [2.05, 4.69) is 6.58 Å². The number of non-ortho nitro benzene ring substituents is 1. The molecule has 0 bridgehead atoms. The topological polar surface area (TPSA) is 121 Å². The third-order valence-corrected chi connectivity index (χ3v) is 6.56. The number of amides is 2. The summed E-state index contributed by atoms with van der Waals surface area (Å²) >= 11 is 0. The van der Waals surface area contributed by atoms with Crippen molar-refractivity contribution in [1.29, 1.82) is 0 Å². The fourth-order valence-electron chi connectivity index (χ4n) is 2.83. The van der Waals surface area contributed by atoms with Crippen molar-refractivity contribution in [3.05, 3.63) is 46.5 Å². The second-order valence-corrected chi connectivity index (χ2v) is 8.30. The standard InChI is InChI=1S/C17H22N4O6S/c1-4-16(22)18(3)12-17(23)19-7-9-20(10-8-19)28(26,27)15-11-14(21(24)25)6-5-13(15)2/h4-6,11H,1,7-10,12H2,2-3H3.